The molecule has 0 spiro atoms. The predicted octanol–water partition coefficient (Wildman–Crippen LogP) is 2.42. The summed E-state index contributed by atoms with van der Waals surface area (Å²) >= 11 is 0. The molecule has 0 aliphatic carbocycles. The zero-order valence-corrected chi connectivity index (χ0v) is 12.5. The Morgan fingerprint density at radius 1 is 1.00 bits per heavy atom. The smallest absolute Gasteiger partial charge is 0.252 e. The average molecular weight is 297 g/mol. The highest BCUT2D eigenvalue weighted by Crippen LogP contribution is 2.15. The number of aliphatic hydroxyl groups is 1. The molecule has 4 heteroatoms. The Balaban J connectivity index is 2.31. The van der Waals surface area contributed by atoms with Gasteiger partial charge in [-0.05, 0) is 12.5 Å². The predicted molar refractivity (Wildman–Crippen MR) is 84.9 cm³/mol. The van der Waals surface area contributed by atoms with E-state index in [0.717, 1.165) is 0 Å². The van der Waals surface area contributed by atoms with Gasteiger partial charge in [-0.1, -0.05) is 55.5 Å². The number of hydrogen-bond acceptors (Lipinski definition) is 3. The topological polar surface area (TPSA) is 66.4 Å². The van der Waals surface area contributed by atoms with Crippen molar-refractivity contribution in [1.29, 1.82) is 0 Å². The van der Waals surface area contributed by atoms with Crippen LogP contribution >= 0.6 is 0 Å². The van der Waals surface area contributed by atoms with Crippen LogP contribution in [0.15, 0.2) is 54.6 Å². The van der Waals surface area contributed by atoms with Gasteiger partial charge in [-0.25, -0.2) is 0 Å². The molecule has 2 rings (SSSR count). The molecule has 2 N–H and O–H groups in total. The van der Waals surface area contributed by atoms with Crippen molar-refractivity contribution < 1.29 is 14.7 Å². The number of aliphatic hydroxyl groups excluding tert-OH is 1. The maximum Gasteiger partial charge on any atom is 0.252 e. The van der Waals surface area contributed by atoms with E-state index in [1.165, 1.54) is 0 Å². The molecule has 0 saturated heterocycles. The first-order valence-corrected chi connectivity index (χ1v) is 7.27. The minimum Gasteiger partial charge on any atom is -0.394 e. The lowest BCUT2D eigenvalue weighted by atomic mass is 9.97. The highest BCUT2D eigenvalue weighted by Gasteiger charge is 2.19. The van der Waals surface area contributed by atoms with Gasteiger partial charge >= 0.3 is 0 Å². The van der Waals surface area contributed by atoms with E-state index in [9.17, 15) is 14.7 Å². The van der Waals surface area contributed by atoms with Gasteiger partial charge in [-0.2, -0.15) is 0 Å². The van der Waals surface area contributed by atoms with E-state index in [4.69, 9.17) is 0 Å². The first-order valence-electron chi connectivity index (χ1n) is 7.27. The largest absolute Gasteiger partial charge is 0.394 e. The Morgan fingerprint density at radius 3 is 2.18 bits per heavy atom. The first-order chi connectivity index (χ1) is 10.7. The molecule has 0 aliphatic heterocycles. The van der Waals surface area contributed by atoms with Crippen LogP contribution in [0.2, 0.25) is 0 Å². The Morgan fingerprint density at radius 2 is 1.59 bits per heavy atom. The minimum atomic E-state index is -0.346. The van der Waals surface area contributed by atoms with Crippen LogP contribution in [0, 0.1) is 0 Å². The van der Waals surface area contributed by atoms with Crippen LogP contribution in [0.25, 0.3) is 0 Å². The fourth-order valence-electron chi connectivity index (χ4n) is 2.16. The average Bonchev–Trinajstić information content (AvgIpc) is 2.59. The molecule has 0 bridgehead atoms. The fourth-order valence-corrected chi connectivity index (χ4v) is 2.16. The standard InChI is InChI=1S/C18H19NO3/c1-2-14(12-20)19-18(22)16-11-7-6-10-15(16)17(21)13-8-4-3-5-9-13/h3-11,14,20H,2,12H2,1H3,(H,19,22). The van der Waals surface area contributed by atoms with Crippen molar-refractivity contribution >= 4 is 11.7 Å². The van der Waals surface area contributed by atoms with Gasteiger partial charge in [-0.3, -0.25) is 9.59 Å². The molecule has 0 heterocycles. The second-order valence-corrected chi connectivity index (χ2v) is 5.00. The van der Waals surface area contributed by atoms with Crippen LogP contribution in [0.4, 0.5) is 0 Å². The molecule has 0 fully saturated rings. The van der Waals surface area contributed by atoms with Crippen LogP contribution in [0.5, 0.6) is 0 Å². The molecule has 0 radical (unpaired) electrons. The van der Waals surface area contributed by atoms with E-state index < -0.39 is 0 Å². The molecule has 22 heavy (non-hydrogen) atoms. The first kappa shape index (κ1) is 15.9. The number of hydrogen-bond donors (Lipinski definition) is 2. The summed E-state index contributed by atoms with van der Waals surface area (Å²) in [5.74, 6) is -0.538. The molecule has 2 aromatic carbocycles. The molecular weight excluding hydrogens is 278 g/mol. The quantitative estimate of drug-likeness (QED) is 0.805. The van der Waals surface area contributed by atoms with E-state index in [1.807, 2.05) is 13.0 Å². The number of rotatable bonds is 6. The maximum atomic E-state index is 12.6. The Hall–Kier alpha value is -2.46. The minimum absolute atomic E-state index is 0.128. The highest BCUT2D eigenvalue weighted by molar-refractivity contribution is 6.15. The van der Waals surface area contributed by atoms with Crippen molar-refractivity contribution in [1.82, 2.24) is 5.32 Å². The van der Waals surface area contributed by atoms with Crippen LogP contribution in [0.1, 0.15) is 39.6 Å². The lowest BCUT2D eigenvalue weighted by molar-refractivity contribution is 0.0906. The van der Waals surface area contributed by atoms with E-state index in [1.54, 1.807) is 48.5 Å². The summed E-state index contributed by atoms with van der Waals surface area (Å²) in [6.45, 7) is 1.75. The van der Waals surface area contributed by atoms with Crippen LogP contribution in [-0.2, 0) is 0 Å². The van der Waals surface area contributed by atoms with Crippen LogP contribution < -0.4 is 5.32 Å². The van der Waals surface area contributed by atoms with E-state index >= 15 is 0 Å². The number of carbonyl (C=O) groups excluding carboxylic acids is 2. The lowest BCUT2D eigenvalue weighted by Gasteiger charge is -2.15. The maximum absolute atomic E-state index is 12.6. The van der Waals surface area contributed by atoms with Crippen molar-refractivity contribution in [3.63, 3.8) is 0 Å². The summed E-state index contributed by atoms with van der Waals surface area (Å²) in [4.78, 5) is 24.9. The van der Waals surface area contributed by atoms with Crippen LogP contribution in [0.3, 0.4) is 0 Å². The molecule has 0 aliphatic rings. The third kappa shape index (κ3) is 3.59. The summed E-state index contributed by atoms with van der Waals surface area (Å²) in [7, 11) is 0. The molecule has 4 nitrogen and oxygen atoms in total. The molecule has 1 atom stereocenters. The zero-order valence-electron chi connectivity index (χ0n) is 12.5. The monoisotopic (exact) mass is 297 g/mol. The third-order valence-electron chi connectivity index (χ3n) is 3.50. The van der Waals surface area contributed by atoms with E-state index in [2.05, 4.69) is 5.32 Å². The number of nitrogens with one attached hydrogen (secondary N) is 1. The molecule has 0 aromatic heterocycles. The summed E-state index contributed by atoms with van der Waals surface area (Å²) < 4.78 is 0. The number of ketones is 1. The molecule has 1 unspecified atom stereocenters. The van der Waals surface area contributed by atoms with Gasteiger partial charge in [0, 0.05) is 11.1 Å². The fraction of sp³-hybridized carbons (Fsp3) is 0.222. The zero-order chi connectivity index (χ0) is 15.9. The molecular formula is C18H19NO3. The summed E-state index contributed by atoms with van der Waals surface area (Å²) in [5.41, 5.74) is 1.22. The van der Waals surface area contributed by atoms with Gasteiger partial charge in [0.2, 0.25) is 0 Å². The van der Waals surface area contributed by atoms with Crippen molar-refractivity contribution in [3.05, 3.63) is 71.3 Å². The van der Waals surface area contributed by atoms with Gasteiger partial charge in [0.1, 0.15) is 0 Å². The second kappa shape index (κ2) is 7.52. The normalized spacial score (nSPS) is 11.7. The van der Waals surface area contributed by atoms with Gasteiger partial charge < -0.3 is 10.4 Å². The SMILES string of the molecule is CCC(CO)NC(=O)c1ccccc1C(=O)c1ccccc1. The van der Waals surface area contributed by atoms with Crippen molar-refractivity contribution in [3.8, 4) is 0 Å². The van der Waals surface area contributed by atoms with Crippen molar-refractivity contribution in [2.75, 3.05) is 6.61 Å². The van der Waals surface area contributed by atoms with Gasteiger partial charge in [0.15, 0.2) is 5.78 Å². The van der Waals surface area contributed by atoms with Crippen molar-refractivity contribution in [2.45, 2.75) is 19.4 Å². The lowest BCUT2D eigenvalue weighted by Crippen LogP contribution is -2.37. The highest BCUT2D eigenvalue weighted by atomic mass is 16.3. The molecule has 1 amide bonds. The molecule has 0 saturated carbocycles. The summed E-state index contributed by atoms with van der Waals surface area (Å²) in [6.07, 6.45) is 0.622. The second-order valence-electron chi connectivity index (χ2n) is 5.00. The molecule has 2 aromatic rings. The Labute approximate surface area is 129 Å². The third-order valence-corrected chi connectivity index (χ3v) is 3.50. The summed E-state index contributed by atoms with van der Waals surface area (Å²) in [5, 5.41) is 11.9. The Bertz CT molecular complexity index is 648. The van der Waals surface area contributed by atoms with E-state index in [-0.39, 0.29) is 24.3 Å². The number of benzene rings is 2. The van der Waals surface area contributed by atoms with Crippen LogP contribution in [-0.4, -0.2) is 29.4 Å². The number of amides is 1. The molecule has 114 valence electrons. The van der Waals surface area contributed by atoms with Crippen molar-refractivity contribution in [2.24, 2.45) is 0 Å². The van der Waals surface area contributed by atoms with Gasteiger partial charge in [-0.15, -0.1) is 0 Å². The summed E-state index contributed by atoms with van der Waals surface area (Å²) in [6, 6.07) is 15.3. The van der Waals surface area contributed by atoms with Gasteiger partial charge in [0.25, 0.3) is 5.91 Å². The number of carbonyl (C=O) groups is 2. The Kier molecular flexibility index (Phi) is 5.44. The van der Waals surface area contributed by atoms with Gasteiger partial charge in [0.05, 0.1) is 18.2 Å². The van der Waals surface area contributed by atoms with E-state index in [0.29, 0.717) is 23.1 Å².